The van der Waals surface area contributed by atoms with Gasteiger partial charge in [-0.05, 0) is 25.5 Å². The Balaban J connectivity index is 1.86. The normalized spacial score (nSPS) is 19.1. The molecule has 0 spiro atoms. The number of hydrogen-bond acceptors (Lipinski definition) is 4. The van der Waals surface area contributed by atoms with E-state index in [1.54, 1.807) is 13.0 Å². The lowest BCUT2D eigenvalue weighted by Gasteiger charge is -2.19. The molecular weight excluding hydrogens is 397 g/mol. The number of benzene rings is 1. The Morgan fingerprint density at radius 1 is 1.29 bits per heavy atom. The number of pyridine rings is 1. The van der Waals surface area contributed by atoms with E-state index in [1.807, 2.05) is 0 Å². The molecule has 0 radical (unpaired) electrons. The van der Waals surface area contributed by atoms with E-state index in [0.29, 0.717) is 6.07 Å². The van der Waals surface area contributed by atoms with E-state index in [4.69, 9.17) is 0 Å². The predicted octanol–water partition coefficient (Wildman–Crippen LogP) is 1.88. The van der Waals surface area contributed by atoms with Crippen LogP contribution in [0.3, 0.4) is 0 Å². The SMILES string of the molecule is Cc1ccc2c(c1)c(=O)cc(C(F)(F)F)n2CCNC(=O)[C@H]1CCS(=O)(=O)C1. The number of fused-ring (bicyclic) bond motifs is 1. The molecule has 1 atom stereocenters. The van der Waals surface area contributed by atoms with Gasteiger partial charge in [0.2, 0.25) is 5.91 Å². The monoisotopic (exact) mass is 416 g/mol. The lowest BCUT2D eigenvalue weighted by Crippen LogP contribution is -2.34. The second-order valence-corrected chi connectivity index (χ2v) is 9.18. The number of sulfone groups is 1. The molecule has 1 aliphatic heterocycles. The summed E-state index contributed by atoms with van der Waals surface area (Å²) in [4.78, 5) is 24.2. The Morgan fingerprint density at radius 2 is 2.00 bits per heavy atom. The van der Waals surface area contributed by atoms with Gasteiger partial charge in [-0.3, -0.25) is 9.59 Å². The van der Waals surface area contributed by atoms with E-state index in [9.17, 15) is 31.2 Å². The third kappa shape index (κ3) is 4.21. The lowest BCUT2D eigenvalue weighted by atomic mass is 10.1. The van der Waals surface area contributed by atoms with Crippen LogP contribution in [0.2, 0.25) is 0 Å². The van der Waals surface area contributed by atoms with E-state index < -0.39 is 39.0 Å². The molecule has 0 bridgehead atoms. The van der Waals surface area contributed by atoms with Crippen LogP contribution in [0.5, 0.6) is 0 Å². The first-order valence-electron chi connectivity index (χ1n) is 8.67. The van der Waals surface area contributed by atoms with Crippen molar-refractivity contribution in [3.8, 4) is 0 Å². The molecule has 0 saturated carbocycles. The number of aryl methyl sites for hydroxylation is 1. The summed E-state index contributed by atoms with van der Waals surface area (Å²) in [5.41, 5.74) is -0.941. The van der Waals surface area contributed by atoms with Crippen LogP contribution in [-0.2, 0) is 27.4 Å². The summed E-state index contributed by atoms with van der Waals surface area (Å²) >= 11 is 0. The van der Waals surface area contributed by atoms with Crippen molar-refractivity contribution in [1.29, 1.82) is 0 Å². The fourth-order valence-corrected chi connectivity index (χ4v) is 5.15. The number of halogens is 3. The van der Waals surface area contributed by atoms with Crippen LogP contribution in [0.1, 0.15) is 17.7 Å². The van der Waals surface area contributed by atoms with Gasteiger partial charge in [0, 0.05) is 24.5 Å². The zero-order valence-corrected chi connectivity index (χ0v) is 15.9. The molecule has 0 aliphatic carbocycles. The first-order valence-corrected chi connectivity index (χ1v) is 10.5. The number of nitrogens with zero attached hydrogens (tertiary/aromatic N) is 1. The Morgan fingerprint density at radius 3 is 2.61 bits per heavy atom. The molecule has 3 rings (SSSR count). The smallest absolute Gasteiger partial charge is 0.354 e. The van der Waals surface area contributed by atoms with Gasteiger partial charge in [0.15, 0.2) is 15.3 Å². The van der Waals surface area contributed by atoms with Crippen molar-refractivity contribution < 1.29 is 26.4 Å². The minimum Gasteiger partial charge on any atom is -0.354 e. The van der Waals surface area contributed by atoms with Gasteiger partial charge in [0.05, 0.1) is 22.9 Å². The average Bonchev–Trinajstić information content (AvgIpc) is 2.96. The second-order valence-electron chi connectivity index (χ2n) is 6.95. The maximum Gasteiger partial charge on any atom is 0.431 e. The van der Waals surface area contributed by atoms with E-state index in [-0.39, 0.29) is 41.9 Å². The van der Waals surface area contributed by atoms with E-state index in [1.165, 1.54) is 12.1 Å². The highest BCUT2D eigenvalue weighted by Gasteiger charge is 2.35. The summed E-state index contributed by atoms with van der Waals surface area (Å²) < 4.78 is 64.2. The molecule has 1 fully saturated rings. The summed E-state index contributed by atoms with van der Waals surface area (Å²) in [7, 11) is -3.23. The Labute approximate surface area is 159 Å². The molecule has 1 aromatic heterocycles. The number of nitrogens with one attached hydrogen (secondary N) is 1. The number of aromatic nitrogens is 1. The second kappa shape index (κ2) is 7.23. The topological polar surface area (TPSA) is 85.2 Å². The first-order chi connectivity index (χ1) is 13.0. The standard InChI is InChI=1S/C18H19F3N2O4S/c1-11-2-3-14-13(8-11)15(24)9-16(18(19,20)21)23(14)6-5-22-17(25)12-4-7-28(26,27)10-12/h2-3,8-9,12H,4-7,10H2,1H3,(H,22,25)/t12-/m0/s1. The highest BCUT2D eigenvalue weighted by atomic mass is 32.2. The van der Waals surface area contributed by atoms with Crippen molar-refractivity contribution in [3.05, 3.63) is 45.7 Å². The molecule has 152 valence electrons. The fraction of sp³-hybridized carbons (Fsp3) is 0.444. The molecule has 1 N–H and O–H groups in total. The zero-order valence-electron chi connectivity index (χ0n) is 15.0. The third-order valence-electron chi connectivity index (χ3n) is 4.80. The number of rotatable bonds is 4. The minimum atomic E-state index is -4.73. The molecule has 2 heterocycles. The molecule has 28 heavy (non-hydrogen) atoms. The van der Waals surface area contributed by atoms with Gasteiger partial charge in [-0.2, -0.15) is 13.2 Å². The summed E-state index contributed by atoms with van der Waals surface area (Å²) in [5, 5.41) is 2.68. The summed E-state index contributed by atoms with van der Waals surface area (Å²) in [6.07, 6.45) is -4.52. The van der Waals surface area contributed by atoms with Crippen LogP contribution in [0.15, 0.2) is 29.1 Å². The molecule has 1 aliphatic rings. The molecule has 2 aromatic rings. The van der Waals surface area contributed by atoms with Gasteiger partial charge in [0.25, 0.3) is 0 Å². The van der Waals surface area contributed by atoms with Crippen LogP contribution in [0.4, 0.5) is 13.2 Å². The summed E-state index contributed by atoms with van der Waals surface area (Å²) in [6.45, 7) is 1.40. The number of amides is 1. The van der Waals surface area contributed by atoms with Gasteiger partial charge in [-0.1, -0.05) is 11.6 Å². The highest BCUT2D eigenvalue weighted by Crippen LogP contribution is 2.30. The molecule has 1 saturated heterocycles. The first kappa shape index (κ1) is 20.4. The molecule has 1 amide bonds. The molecule has 1 aromatic carbocycles. The maximum absolute atomic E-state index is 13.4. The van der Waals surface area contributed by atoms with Crippen LogP contribution in [0.25, 0.3) is 10.9 Å². The van der Waals surface area contributed by atoms with E-state index >= 15 is 0 Å². The van der Waals surface area contributed by atoms with Crippen molar-refractivity contribution in [2.75, 3.05) is 18.1 Å². The number of carbonyl (C=O) groups is 1. The maximum atomic E-state index is 13.4. The van der Waals surface area contributed by atoms with E-state index in [0.717, 1.165) is 10.1 Å². The van der Waals surface area contributed by atoms with Crippen LogP contribution >= 0.6 is 0 Å². The molecule has 6 nitrogen and oxygen atoms in total. The quantitative estimate of drug-likeness (QED) is 0.825. The Hall–Kier alpha value is -2.36. The Kier molecular flexibility index (Phi) is 5.26. The lowest BCUT2D eigenvalue weighted by molar-refractivity contribution is -0.143. The van der Waals surface area contributed by atoms with E-state index in [2.05, 4.69) is 5.32 Å². The highest BCUT2D eigenvalue weighted by molar-refractivity contribution is 7.91. The van der Waals surface area contributed by atoms with Crippen LogP contribution < -0.4 is 10.7 Å². The molecular formula is C18H19F3N2O4S. The van der Waals surface area contributed by atoms with Gasteiger partial charge >= 0.3 is 6.18 Å². The minimum absolute atomic E-state index is 0.0625. The summed E-state index contributed by atoms with van der Waals surface area (Å²) in [6, 6.07) is 5.15. The number of carbonyl (C=O) groups excluding carboxylic acids is 1. The molecule has 10 heteroatoms. The largest absolute Gasteiger partial charge is 0.431 e. The van der Waals surface area contributed by atoms with Crippen LogP contribution in [-0.4, -0.2) is 36.9 Å². The van der Waals surface area contributed by atoms with Crippen molar-refractivity contribution >= 4 is 26.6 Å². The Bertz CT molecular complexity index is 1090. The van der Waals surface area contributed by atoms with Crippen LogP contribution in [0, 0.1) is 12.8 Å². The van der Waals surface area contributed by atoms with Gasteiger partial charge < -0.3 is 9.88 Å². The average molecular weight is 416 g/mol. The van der Waals surface area contributed by atoms with Crippen molar-refractivity contribution in [2.45, 2.75) is 26.1 Å². The van der Waals surface area contributed by atoms with Crippen molar-refractivity contribution in [1.82, 2.24) is 9.88 Å². The number of alkyl halides is 3. The summed E-state index contributed by atoms with van der Waals surface area (Å²) in [5.74, 6) is -1.48. The van der Waals surface area contributed by atoms with Gasteiger partial charge in [-0.15, -0.1) is 0 Å². The molecule has 0 unspecified atom stereocenters. The van der Waals surface area contributed by atoms with Gasteiger partial charge in [0.1, 0.15) is 5.69 Å². The van der Waals surface area contributed by atoms with Gasteiger partial charge in [-0.25, -0.2) is 8.42 Å². The van der Waals surface area contributed by atoms with Crippen molar-refractivity contribution in [3.63, 3.8) is 0 Å². The zero-order chi connectivity index (χ0) is 20.7. The van der Waals surface area contributed by atoms with Crippen molar-refractivity contribution in [2.24, 2.45) is 5.92 Å². The number of hydrogen-bond donors (Lipinski definition) is 1. The third-order valence-corrected chi connectivity index (χ3v) is 6.56. The predicted molar refractivity (Wildman–Crippen MR) is 97.7 cm³/mol. The fourth-order valence-electron chi connectivity index (χ4n) is 3.41.